The third-order valence-corrected chi connectivity index (χ3v) is 4.48. The van der Waals surface area contributed by atoms with Crippen LogP contribution in [-0.4, -0.2) is 11.7 Å². The van der Waals surface area contributed by atoms with Crippen molar-refractivity contribution in [2.45, 2.75) is 46.5 Å². The molecule has 2 aliphatic rings. The van der Waals surface area contributed by atoms with Gasteiger partial charge in [0.2, 0.25) is 0 Å². The quantitative estimate of drug-likeness (QED) is 0.704. The van der Waals surface area contributed by atoms with E-state index in [1.807, 2.05) is 6.92 Å². The number of allylic oxidation sites excluding steroid dienone is 3. The summed E-state index contributed by atoms with van der Waals surface area (Å²) in [5.41, 5.74) is 4.47. The largest absolute Gasteiger partial charge is 0.392 e. The van der Waals surface area contributed by atoms with Gasteiger partial charge in [0.25, 0.3) is 0 Å². The molecule has 0 amide bonds. The van der Waals surface area contributed by atoms with Crippen LogP contribution in [0.4, 0.5) is 0 Å². The highest BCUT2D eigenvalue weighted by atomic mass is 16.3. The Morgan fingerprint density at radius 2 is 2.12 bits per heavy atom. The van der Waals surface area contributed by atoms with Gasteiger partial charge in [-0.05, 0) is 57.3 Å². The fourth-order valence-electron chi connectivity index (χ4n) is 3.54. The number of rotatable bonds is 2. The van der Waals surface area contributed by atoms with Gasteiger partial charge in [0.15, 0.2) is 0 Å². The highest BCUT2D eigenvalue weighted by Gasteiger charge is 2.35. The molecule has 3 atom stereocenters. The van der Waals surface area contributed by atoms with Crippen molar-refractivity contribution in [2.75, 3.05) is 6.61 Å². The first kappa shape index (κ1) is 11.9. The maximum Gasteiger partial charge on any atom is 0.0639 e. The summed E-state index contributed by atoms with van der Waals surface area (Å²) >= 11 is 0. The van der Waals surface area contributed by atoms with E-state index in [2.05, 4.69) is 19.9 Å². The van der Waals surface area contributed by atoms with Crippen LogP contribution in [0.5, 0.6) is 0 Å². The van der Waals surface area contributed by atoms with E-state index in [4.69, 9.17) is 5.11 Å². The average molecular weight is 220 g/mol. The Bertz CT molecular complexity index is 324. The fourth-order valence-corrected chi connectivity index (χ4v) is 3.54. The molecule has 1 saturated carbocycles. The molecule has 0 radical (unpaired) electrons. The fraction of sp³-hybridized carbons (Fsp3) is 0.733. The topological polar surface area (TPSA) is 20.2 Å². The molecule has 0 aromatic rings. The van der Waals surface area contributed by atoms with E-state index in [9.17, 15) is 0 Å². The van der Waals surface area contributed by atoms with Gasteiger partial charge in [0.1, 0.15) is 0 Å². The molecule has 2 unspecified atom stereocenters. The van der Waals surface area contributed by atoms with Crippen molar-refractivity contribution in [2.24, 2.45) is 17.8 Å². The normalized spacial score (nSPS) is 35.5. The smallest absolute Gasteiger partial charge is 0.0639 e. The zero-order chi connectivity index (χ0) is 11.7. The summed E-state index contributed by atoms with van der Waals surface area (Å²) in [5.74, 6) is 2.32. The minimum absolute atomic E-state index is 0.211. The van der Waals surface area contributed by atoms with Gasteiger partial charge in [0.05, 0.1) is 6.61 Å². The minimum atomic E-state index is 0.211. The molecular weight excluding hydrogens is 196 g/mol. The van der Waals surface area contributed by atoms with Crippen LogP contribution in [0.1, 0.15) is 46.5 Å². The molecule has 1 nitrogen and oxygen atoms in total. The number of hydrogen-bond acceptors (Lipinski definition) is 1. The molecule has 2 rings (SSSR count). The summed E-state index contributed by atoms with van der Waals surface area (Å²) in [7, 11) is 0. The predicted octanol–water partition coefficient (Wildman–Crippen LogP) is 3.70. The second-order valence-corrected chi connectivity index (χ2v) is 5.71. The summed E-state index contributed by atoms with van der Waals surface area (Å²) < 4.78 is 0. The first-order valence-corrected chi connectivity index (χ1v) is 6.61. The number of aliphatic hydroxyl groups is 1. The molecule has 1 fully saturated rings. The Balaban J connectivity index is 2.24. The zero-order valence-corrected chi connectivity index (χ0v) is 10.8. The molecule has 16 heavy (non-hydrogen) atoms. The van der Waals surface area contributed by atoms with Crippen molar-refractivity contribution < 1.29 is 5.11 Å². The molecule has 0 bridgehead atoms. The second-order valence-electron chi connectivity index (χ2n) is 5.71. The molecule has 1 N–H and O–H groups in total. The number of aliphatic hydroxyl groups excluding tert-OH is 1. The minimum Gasteiger partial charge on any atom is -0.392 e. The lowest BCUT2D eigenvalue weighted by molar-refractivity contribution is 0.296. The third-order valence-electron chi connectivity index (χ3n) is 4.48. The Hall–Kier alpha value is -0.560. The van der Waals surface area contributed by atoms with Crippen molar-refractivity contribution in [3.05, 3.63) is 22.8 Å². The standard InChI is InChI=1S/C15H24O/c1-10(9-16)8-13-6-4-11(2)14-7-5-12(3)15(13)14/h8,11,13-14,16H,4-7,9H2,1-3H3/b10-8-/t11?,13-,14?/m0/s1. The maximum atomic E-state index is 9.14. The monoisotopic (exact) mass is 220 g/mol. The number of fused-ring (bicyclic) bond motifs is 1. The van der Waals surface area contributed by atoms with E-state index >= 15 is 0 Å². The van der Waals surface area contributed by atoms with Crippen molar-refractivity contribution >= 4 is 0 Å². The van der Waals surface area contributed by atoms with Crippen LogP contribution in [0, 0.1) is 17.8 Å². The summed E-state index contributed by atoms with van der Waals surface area (Å²) in [4.78, 5) is 0. The van der Waals surface area contributed by atoms with Gasteiger partial charge in [-0.3, -0.25) is 0 Å². The van der Waals surface area contributed by atoms with Crippen LogP contribution in [0.2, 0.25) is 0 Å². The van der Waals surface area contributed by atoms with Crippen LogP contribution < -0.4 is 0 Å². The Morgan fingerprint density at radius 3 is 2.81 bits per heavy atom. The molecule has 0 spiro atoms. The van der Waals surface area contributed by atoms with E-state index in [1.54, 1.807) is 11.1 Å². The molecule has 90 valence electrons. The van der Waals surface area contributed by atoms with Crippen LogP contribution in [0.25, 0.3) is 0 Å². The molecular formula is C15H24O. The molecule has 0 saturated heterocycles. The Kier molecular flexibility index (Phi) is 3.53. The van der Waals surface area contributed by atoms with E-state index in [0.29, 0.717) is 5.92 Å². The van der Waals surface area contributed by atoms with Gasteiger partial charge in [-0.15, -0.1) is 0 Å². The highest BCUT2D eigenvalue weighted by molar-refractivity contribution is 5.30. The molecule has 0 aliphatic heterocycles. The van der Waals surface area contributed by atoms with Gasteiger partial charge in [-0.2, -0.15) is 0 Å². The summed E-state index contributed by atoms with van der Waals surface area (Å²) in [6, 6.07) is 0. The van der Waals surface area contributed by atoms with Gasteiger partial charge >= 0.3 is 0 Å². The van der Waals surface area contributed by atoms with Crippen molar-refractivity contribution in [1.29, 1.82) is 0 Å². The van der Waals surface area contributed by atoms with E-state index in [0.717, 1.165) is 17.4 Å². The summed E-state index contributed by atoms with van der Waals surface area (Å²) in [6.45, 7) is 6.96. The molecule has 0 aromatic heterocycles. The first-order valence-electron chi connectivity index (χ1n) is 6.61. The van der Waals surface area contributed by atoms with Gasteiger partial charge in [0, 0.05) is 0 Å². The van der Waals surface area contributed by atoms with Gasteiger partial charge < -0.3 is 5.11 Å². The SMILES string of the molecule is CC1=C2C(CC1)C(C)CC[C@H]2/C=C(/C)CO. The zero-order valence-electron chi connectivity index (χ0n) is 10.8. The number of hydrogen-bond donors (Lipinski definition) is 1. The Morgan fingerprint density at radius 1 is 1.38 bits per heavy atom. The van der Waals surface area contributed by atoms with Crippen molar-refractivity contribution in [1.82, 2.24) is 0 Å². The molecule has 0 heterocycles. The van der Waals surface area contributed by atoms with Crippen LogP contribution >= 0.6 is 0 Å². The third kappa shape index (κ3) is 2.10. The van der Waals surface area contributed by atoms with Crippen molar-refractivity contribution in [3.63, 3.8) is 0 Å². The molecule has 2 aliphatic carbocycles. The average Bonchev–Trinajstić information content (AvgIpc) is 2.66. The molecule has 0 aromatic carbocycles. The van der Waals surface area contributed by atoms with Crippen LogP contribution in [0.15, 0.2) is 22.8 Å². The van der Waals surface area contributed by atoms with E-state index in [-0.39, 0.29) is 6.61 Å². The highest BCUT2D eigenvalue weighted by Crippen LogP contribution is 2.48. The van der Waals surface area contributed by atoms with E-state index in [1.165, 1.54) is 25.7 Å². The Labute approximate surface area is 99.3 Å². The lowest BCUT2D eigenvalue weighted by Gasteiger charge is -2.34. The maximum absolute atomic E-state index is 9.14. The van der Waals surface area contributed by atoms with Crippen molar-refractivity contribution in [3.8, 4) is 0 Å². The lowest BCUT2D eigenvalue weighted by atomic mass is 9.71. The van der Waals surface area contributed by atoms with Gasteiger partial charge in [-0.1, -0.05) is 29.7 Å². The first-order chi connectivity index (χ1) is 7.63. The van der Waals surface area contributed by atoms with Gasteiger partial charge in [-0.25, -0.2) is 0 Å². The predicted molar refractivity (Wildman–Crippen MR) is 68.2 cm³/mol. The van der Waals surface area contributed by atoms with E-state index < -0.39 is 0 Å². The molecule has 1 heteroatoms. The van der Waals surface area contributed by atoms with Crippen LogP contribution in [-0.2, 0) is 0 Å². The second kappa shape index (κ2) is 4.75. The summed E-state index contributed by atoms with van der Waals surface area (Å²) in [5, 5.41) is 9.14. The van der Waals surface area contributed by atoms with Crippen LogP contribution in [0.3, 0.4) is 0 Å². The lowest BCUT2D eigenvalue weighted by Crippen LogP contribution is -2.23. The summed E-state index contributed by atoms with van der Waals surface area (Å²) in [6.07, 6.45) is 7.60.